The largest absolute Gasteiger partial charge is 0.390 e. The number of epoxide rings is 1. The SMILES string of the molecule is CCCCCc1c2c3ccccc3n(CC(O)CSc3ccc(Sc4ccc(S)cc4)cc3)c2cc2c3ccccc3n(CC3CO3)c12. The zero-order chi connectivity index (χ0) is 32.6. The molecule has 0 aliphatic carbocycles. The third-order valence-corrected chi connectivity index (χ3v) is 11.9. The molecule has 0 amide bonds. The zero-order valence-electron chi connectivity index (χ0n) is 27.1. The molecule has 0 saturated carbocycles. The van der Waals surface area contributed by atoms with E-state index in [9.17, 15) is 5.11 Å². The summed E-state index contributed by atoms with van der Waals surface area (Å²) in [5.41, 5.74) is 6.48. The Morgan fingerprint density at radius 3 is 2.15 bits per heavy atom. The summed E-state index contributed by atoms with van der Waals surface area (Å²) in [6.45, 7) is 4.54. The van der Waals surface area contributed by atoms with Crippen molar-refractivity contribution in [2.75, 3.05) is 12.4 Å². The first-order valence-corrected chi connectivity index (χ1v) is 19.3. The lowest BCUT2D eigenvalue weighted by molar-refractivity contribution is 0.181. The van der Waals surface area contributed by atoms with Crippen molar-refractivity contribution in [2.45, 2.75) is 77.5 Å². The monoisotopic (exact) mass is 688 g/mol. The lowest BCUT2D eigenvalue weighted by atomic mass is 9.97. The predicted octanol–water partition coefficient (Wildman–Crippen LogP) is 10.6. The average molecular weight is 689 g/mol. The number of unbranched alkanes of at least 4 members (excludes halogenated alkanes) is 2. The molecule has 1 N–H and O–H groups in total. The minimum Gasteiger partial charge on any atom is -0.390 e. The van der Waals surface area contributed by atoms with Gasteiger partial charge in [-0.05, 0) is 85.1 Å². The Morgan fingerprint density at radius 1 is 0.792 bits per heavy atom. The van der Waals surface area contributed by atoms with E-state index in [-0.39, 0.29) is 6.10 Å². The van der Waals surface area contributed by atoms with E-state index in [1.807, 2.05) is 12.1 Å². The Labute approximate surface area is 295 Å². The first-order valence-electron chi connectivity index (χ1n) is 17.0. The van der Waals surface area contributed by atoms with Crippen LogP contribution in [-0.2, 0) is 24.2 Å². The summed E-state index contributed by atoms with van der Waals surface area (Å²) < 4.78 is 10.7. The quantitative estimate of drug-likeness (QED) is 0.0548. The summed E-state index contributed by atoms with van der Waals surface area (Å²) in [7, 11) is 0. The van der Waals surface area contributed by atoms with Gasteiger partial charge in [0.1, 0.15) is 0 Å². The van der Waals surface area contributed by atoms with Gasteiger partial charge in [0.2, 0.25) is 0 Å². The first kappa shape index (κ1) is 31.9. The highest BCUT2D eigenvalue weighted by Crippen LogP contribution is 2.42. The average Bonchev–Trinajstić information content (AvgIpc) is 3.82. The maximum absolute atomic E-state index is 11.5. The summed E-state index contributed by atoms with van der Waals surface area (Å²) in [5.74, 6) is 0.621. The number of aliphatic hydroxyl groups is 1. The van der Waals surface area contributed by atoms with Crippen LogP contribution in [0.1, 0.15) is 31.7 Å². The number of nitrogens with zero attached hydrogens (tertiary/aromatic N) is 2. The Bertz CT molecular complexity index is 2220. The van der Waals surface area contributed by atoms with Crippen LogP contribution in [0.2, 0.25) is 0 Å². The topological polar surface area (TPSA) is 42.6 Å². The zero-order valence-corrected chi connectivity index (χ0v) is 29.7. The molecule has 2 aromatic heterocycles. The molecule has 2 unspecified atom stereocenters. The van der Waals surface area contributed by atoms with Gasteiger partial charge in [-0.2, -0.15) is 0 Å². The molecule has 4 nitrogen and oxygen atoms in total. The maximum atomic E-state index is 11.5. The predicted molar refractivity (Wildman–Crippen MR) is 206 cm³/mol. The Kier molecular flexibility index (Phi) is 9.23. The number of thiol groups is 1. The molecule has 5 aromatic carbocycles. The number of para-hydroxylation sites is 2. The van der Waals surface area contributed by atoms with Gasteiger partial charge in [-0.15, -0.1) is 24.4 Å². The number of fused-ring (bicyclic) bond motifs is 6. The van der Waals surface area contributed by atoms with Gasteiger partial charge < -0.3 is 19.0 Å². The molecule has 1 fully saturated rings. The third-order valence-electron chi connectivity index (χ3n) is 9.44. The summed E-state index contributed by atoms with van der Waals surface area (Å²) in [4.78, 5) is 4.53. The Morgan fingerprint density at radius 2 is 1.44 bits per heavy atom. The van der Waals surface area contributed by atoms with Crippen LogP contribution in [0.5, 0.6) is 0 Å². The van der Waals surface area contributed by atoms with Crippen molar-refractivity contribution >= 4 is 79.8 Å². The summed E-state index contributed by atoms with van der Waals surface area (Å²) in [6.07, 6.45) is 4.37. The summed E-state index contributed by atoms with van der Waals surface area (Å²) in [6, 6.07) is 36.9. The molecule has 1 aliphatic heterocycles. The van der Waals surface area contributed by atoms with Crippen molar-refractivity contribution in [3.8, 4) is 0 Å². The van der Waals surface area contributed by atoms with Crippen LogP contribution in [-0.4, -0.2) is 38.8 Å². The Balaban J connectivity index is 1.13. The van der Waals surface area contributed by atoms with E-state index in [1.54, 1.807) is 23.5 Å². The van der Waals surface area contributed by atoms with E-state index in [1.165, 1.54) is 76.7 Å². The number of aliphatic hydroxyl groups excluding tert-OH is 1. The molecule has 48 heavy (non-hydrogen) atoms. The number of ether oxygens (including phenoxy) is 1. The number of hydrogen-bond acceptors (Lipinski definition) is 5. The maximum Gasteiger partial charge on any atom is 0.0988 e. The van der Waals surface area contributed by atoms with Gasteiger partial charge in [0, 0.05) is 64.5 Å². The molecular weight excluding hydrogens is 649 g/mol. The van der Waals surface area contributed by atoms with Gasteiger partial charge in [0.05, 0.1) is 36.4 Å². The normalized spacial score (nSPS) is 15.3. The molecule has 244 valence electrons. The van der Waals surface area contributed by atoms with E-state index in [0.29, 0.717) is 12.3 Å². The number of aryl methyl sites for hydroxylation is 1. The highest BCUT2D eigenvalue weighted by Gasteiger charge is 2.27. The van der Waals surface area contributed by atoms with Gasteiger partial charge in [-0.1, -0.05) is 67.9 Å². The molecule has 1 aliphatic rings. The van der Waals surface area contributed by atoms with Gasteiger partial charge in [0.15, 0.2) is 0 Å². The van der Waals surface area contributed by atoms with Crippen LogP contribution < -0.4 is 0 Å². The van der Waals surface area contributed by atoms with Crippen LogP contribution in [0.3, 0.4) is 0 Å². The van der Waals surface area contributed by atoms with Crippen molar-refractivity contribution in [2.24, 2.45) is 0 Å². The standard InChI is InChI=1S/C41H40N2O2S3/c1-2-3-4-11-35-40-34-10-6-8-13-38(34)42(39(40)22-36-33-9-5-7-12-37(33)43(41(35)36)24-28-25-45-28)23-27(44)26-47-30-18-20-32(21-19-30)48-31-16-14-29(46)15-17-31/h5-10,12-22,27-28,44,46H,2-4,11,23-26H2,1H3. The van der Waals surface area contributed by atoms with Crippen LogP contribution in [0, 0.1) is 0 Å². The van der Waals surface area contributed by atoms with E-state index >= 15 is 0 Å². The molecule has 7 heteroatoms. The van der Waals surface area contributed by atoms with Crippen LogP contribution in [0.4, 0.5) is 0 Å². The van der Waals surface area contributed by atoms with E-state index in [2.05, 4.69) is 120 Å². The van der Waals surface area contributed by atoms with Crippen molar-refractivity contribution in [1.82, 2.24) is 9.13 Å². The second kappa shape index (κ2) is 13.9. The fourth-order valence-corrected chi connectivity index (χ4v) is 8.90. The van der Waals surface area contributed by atoms with Gasteiger partial charge in [0.25, 0.3) is 0 Å². The molecule has 2 atom stereocenters. The number of thioether (sulfide) groups is 1. The van der Waals surface area contributed by atoms with Crippen molar-refractivity contribution < 1.29 is 9.84 Å². The molecule has 0 spiro atoms. The lowest BCUT2D eigenvalue weighted by Gasteiger charge is -2.15. The van der Waals surface area contributed by atoms with Crippen molar-refractivity contribution in [1.29, 1.82) is 0 Å². The second-order valence-corrected chi connectivity index (χ2v) is 15.6. The summed E-state index contributed by atoms with van der Waals surface area (Å²) in [5, 5.41) is 16.8. The van der Waals surface area contributed by atoms with Crippen LogP contribution in [0.25, 0.3) is 43.6 Å². The minimum absolute atomic E-state index is 0.289. The number of rotatable bonds is 13. The molecule has 0 radical (unpaired) electrons. The molecule has 0 bridgehead atoms. The number of hydrogen-bond donors (Lipinski definition) is 2. The van der Waals surface area contributed by atoms with Gasteiger partial charge >= 0.3 is 0 Å². The first-order chi connectivity index (χ1) is 23.6. The Hall–Kier alpha value is -3.33. The van der Waals surface area contributed by atoms with Crippen molar-refractivity contribution in [3.05, 3.63) is 109 Å². The second-order valence-electron chi connectivity index (χ2n) is 12.8. The third kappa shape index (κ3) is 6.39. The lowest BCUT2D eigenvalue weighted by Crippen LogP contribution is -2.18. The molecule has 8 rings (SSSR count). The molecule has 3 heterocycles. The fourth-order valence-electron chi connectivity index (χ4n) is 7.12. The number of benzene rings is 5. The molecule has 7 aromatic rings. The minimum atomic E-state index is -0.504. The van der Waals surface area contributed by atoms with Gasteiger partial charge in [-0.25, -0.2) is 0 Å². The summed E-state index contributed by atoms with van der Waals surface area (Å²) >= 11 is 7.86. The van der Waals surface area contributed by atoms with Crippen molar-refractivity contribution in [3.63, 3.8) is 0 Å². The molecule has 1 saturated heterocycles. The van der Waals surface area contributed by atoms with E-state index in [0.717, 1.165) is 30.9 Å². The van der Waals surface area contributed by atoms with Crippen LogP contribution >= 0.6 is 36.2 Å². The highest BCUT2D eigenvalue weighted by molar-refractivity contribution is 7.99. The number of aromatic nitrogens is 2. The van der Waals surface area contributed by atoms with Gasteiger partial charge in [-0.3, -0.25) is 0 Å². The smallest absolute Gasteiger partial charge is 0.0988 e. The molecular formula is C41H40N2O2S3. The highest BCUT2D eigenvalue weighted by atomic mass is 32.2. The van der Waals surface area contributed by atoms with E-state index in [4.69, 9.17) is 4.74 Å². The fraction of sp³-hybridized carbons (Fsp3) is 0.268. The van der Waals surface area contributed by atoms with Crippen LogP contribution in [0.15, 0.2) is 123 Å². The van der Waals surface area contributed by atoms with E-state index < -0.39 is 6.10 Å².